The van der Waals surface area contributed by atoms with E-state index in [1.54, 1.807) is 6.92 Å². The highest BCUT2D eigenvalue weighted by Gasteiger charge is 2.18. The number of aliphatic hydroxyl groups excluding tert-OH is 1. The van der Waals surface area contributed by atoms with E-state index in [4.69, 9.17) is 10.2 Å². The van der Waals surface area contributed by atoms with Gasteiger partial charge < -0.3 is 26.2 Å². The number of urea groups is 1. The molecule has 0 aliphatic heterocycles. The van der Waals surface area contributed by atoms with E-state index in [1.165, 1.54) is 0 Å². The Morgan fingerprint density at radius 1 is 1.24 bits per heavy atom. The van der Waals surface area contributed by atoms with Crippen molar-refractivity contribution in [2.24, 2.45) is 0 Å². The Labute approximate surface area is 98.4 Å². The molecule has 0 fully saturated rings. The predicted octanol–water partition coefficient (Wildman–Crippen LogP) is -1.74. The third-order valence-electron chi connectivity index (χ3n) is 1.80. The number of rotatable bonds is 7. The molecule has 0 unspecified atom stereocenters. The van der Waals surface area contributed by atoms with Crippen molar-refractivity contribution in [1.29, 1.82) is 0 Å². The Kier molecular flexibility index (Phi) is 7.44. The molecule has 3 amide bonds. The topological polar surface area (TPSA) is 128 Å². The van der Waals surface area contributed by atoms with E-state index in [9.17, 15) is 14.4 Å². The normalized spacial score (nSPS) is 11.4. The minimum absolute atomic E-state index is 0.0927. The Balaban J connectivity index is 3.79. The fourth-order valence-electron chi connectivity index (χ4n) is 0.970. The molecule has 0 aromatic heterocycles. The van der Waals surface area contributed by atoms with Gasteiger partial charge in [0.1, 0.15) is 0 Å². The minimum atomic E-state index is -1.35. The molecular weight excluding hydrogens is 230 g/mol. The Morgan fingerprint density at radius 2 is 1.88 bits per heavy atom. The molecule has 0 aromatic rings. The number of aliphatic hydroxyl groups is 1. The Morgan fingerprint density at radius 3 is 2.35 bits per heavy atom. The molecule has 0 aliphatic rings. The lowest BCUT2D eigenvalue weighted by Crippen LogP contribution is -2.48. The number of hydrogen-bond acceptors (Lipinski definition) is 4. The molecule has 0 saturated carbocycles. The van der Waals surface area contributed by atoms with Crippen LogP contribution in [0, 0.1) is 0 Å². The molecule has 0 rings (SSSR count). The van der Waals surface area contributed by atoms with Gasteiger partial charge in [-0.15, -0.1) is 0 Å². The molecule has 0 saturated heterocycles. The van der Waals surface area contributed by atoms with Crippen LogP contribution >= 0.6 is 0 Å². The zero-order chi connectivity index (χ0) is 13.3. The second kappa shape index (κ2) is 8.34. The van der Waals surface area contributed by atoms with Crippen LogP contribution in [0.3, 0.4) is 0 Å². The Bertz CT molecular complexity index is 282. The van der Waals surface area contributed by atoms with Crippen molar-refractivity contribution >= 4 is 17.9 Å². The van der Waals surface area contributed by atoms with Crippen LogP contribution in [0.5, 0.6) is 0 Å². The minimum Gasteiger partial charge on any atom is -0.480 e. The maximum Gasteiger partial charge on any atom is 0.328 e. The van der Waals surface area contributed by atoms with E-state index < -0.39 is 24.6 Å². The van der Waals surface area contributed by atoms with Gasteiger partial charge in [0, 0.05) is 19.5 Å². The van der Waals surface area contributed by atoms with Crippen LogP contribution in [0.2, 0.25) is 0 Å². The monoisotopic (exact) mass is 247 g/mol. The van der Waals surface area contributed by atoms with Gasteiger partial charge in [-0.1, -0.05) is 0 Å². The van der Waals surface area contributed by atoms with Crippen molar-refractivity contribution in [2.75, 3.05) is 19.7 Å². The molecule has 0 heterocycles. The SMILES string of the molecule is CCNC(=O)CCNC(=O)N[C@H](CO)C(=O)O. The van der Waals surface area contributed by atoms with Crippen LogP contribution in [0.4, 0.5) is 4.79 Å². The lowest BCUT2D eigenvalue weighted by molar-refractivity contribution is -0.140. The molecule has 8 heteroatoms. The number of nitrogens with one attached hydrogen (secondary N) is 3. The standard InChI is InChI=1S/C9H17N3O5/c1-2-10-7(14)3-4-11-9(17)12-6(5-13)8(15)16/h6,13H,2-5H2,1H3,(H,10,14)(H,15,16)(H2,11,12,17)/t6-/m1/s1. The van der Waals surface area contributed by atoms with Crippen LogP contribution in [-0.2, 0) is 9.59 Å². The molecule has 0 aromatic carbocycles. The van der Waals surface area contributed by atoms with E-state index >= 15 is 0 Å². The molecule has 1 atom stereocenters. The first-order valence-electron chi connectivity index (χ1n) is 5.16. The maximum atomic E-state index is 11.1. The summed E-state index contributed by atoms with van der Waals surface area (Å²) in [6.07, 6.45) is 0.109. The summed E-state index contributed by atoms with van der Waals surface area (Å²) >= 11 is 0. The zero-order valence-corrected chi connectivity index (χ0v) is 9.52. The van der Waals surface area contributed by atoms with Crippen molar-refractivity contribution in [1.82, 2.24) is 16.0 Å². The van der Waals surface area contributed by atoms with E-state index in [0.717, 1.165) is 0 Å². The highest BCUT2D eigenvalue weighted by molar-refractivity contribution is 5.83. The van der Waals surface area contributed by atoms with Gasteiger partial charge in [-0.3, -0.25) is 4.79 Å². The summed E-state index contributed by atoms with van der Waals surface area (Å²) < 4.78 is 0. The quantitative estimate of drug-likeness (QED) is 0.365. The molecule has 0 radical (unpaired) electrons. The maximum absolute atomic E-state index is 11.1. The summed E-state index contributed by atoms with van der Waals surface area (Å²) in [7, 11) is 0. The lowest BCUT2D eigenvalue weighted by Gasteiger charge is -2.12. The van der Waals surface area contributed by atoms with Gasteiger partial charge in [0.2, 0.25) is 5.91 Å². The molecule has 5 N–H and O–H groups in total. The van der Waals surface area contributed by atoms with Crippen molar-refractivity contribution in [3.8, 4) is 0 Å². The molecular formula is C9H17N3O5. The lowest BCUT2D eigenvalue weighted by atomic mass is 10.3. The zero-order valence-electron chi connectivity index (χ0n) is 9.52. The highest BCUT2D eigenvalue weighted by Crippen LogP contribution is 1.83. The number of carbonyl (C=O) groups excluding carboxylic acids is 2. The molecule has 0 spiro atoms. The van der Waals surface area contributed by atoms with E-state index in [0.29, 0.717) is 6.54 Å². The van der Waals surface area contributed by atoms with Gasteiger partial charge >= 0.3 is 12.0 Å². The molecule has 0 bridgehead atoms. The number of carboxylic acid groups (broad SMARTS) is 1. The van der Waals surface area contributed by atoms with Gasteiger partial charge in [-0.25, -0.2) is 9.59 Å². The number of amides is 3. The largest absolute Gasteiger partial charge is 0.480 e. The third kappa shape index (κ3) is 7.12. The van der Waals surface area contributed by atoms with Crippen LogP contribution in [-0.4, -0.2) is 53.9 Å². The third-order valence-corrected chi connectivity index (χ3v) is 1.80. The van der Waals surface area contributed by atoms with Crippen LogP contribution < -0.4 is 16.0 Å². The summed E-state index contributed by atoms with van der Waals surface area (Å²) in [5.74, 6) is -1.53. The summed E-state index contributed by atoms with van der Waals surface area (Å²) in [5.41, 5.74) is 0. The number of hydrogen-bond donors (Lipinski definition) is 5. The first-order chi connectivity index (χ1) is 8.01. The van der Waals surface area contributed by atoms with Crippen molar-refractivity contribution in [3.05, 3.63) is 0 Å². The fraction of sp³-hybridized carbons (Fsp3) is 0.667. The Hall–Kier alpha value is -1.83. The summed E-state index contributed by atoms with van der Waals surface area (Å²) in [6, 6.07) is -2.09. The van der Waals surface area contributed by atoms with Gasteiger partial charge in [0.25, 0.3) is 0 Å². The van der Waals surface area contributed by atoms with Gasteiger partial charge in [-0.2, -0.15) is 0 Å². The molecule has 98 valence electrons. The predicted molar refractivity (Wildman–Crippen MR) is 58.3 cm³/mol. The highest BCUT2D eigenvalue weighted by atomic mass is 16.4. The van der Waals surface area contributed by atoms with Crippen LogP contribution in [0.15, 0.2) is 0 Å². The van der Waals surface area contributed by atoms with E-state index in [-0.39, 0.29) is 18.9 Å². The molecule has 17 heavy (non-hydrogen) atoms. The van der Waals surface area contributed by atoms with Gasteiger partial charge in [-0.05, 0) is 6.92 Å². The van der Waals surface area contributed by atoms with Crippen molar-refractivity contribution in [3.63, 3.8) is 0 Å². The van der Waals surface area contributed by atoms with Crippen molar-refractivity contribution in [2.45, 2.75) is 19.4 Å². The smallest absolute Gasteiger partial charge is 0.328 e. The van der Waals surface area contributed by atoms with Gasteiger partial charge in [0.05, 0.1) is 6.61 Å². The van der Waals surface area contributed by atoms with Crippen LogP contribution in [0.1, 0.15) is 13.3 Å². The van der Waals surface area contributed by atoms with E-state index in [2.05, 4.69) is 10.6 Å². The fourth-order valence-corrected chi connectivity index (χ4v) is 0.970. The second-order valence-corrected chi connectivity index (χ2v) is 3.18. The van der Waals surface area contributed by atoms with Crippen LogP contribution in [0.25, 0.3) is 0 Å². The average molecular weight is 247 g/mol. The molecule has 0 aliphatic carbocycles. The second-order valence-electron chi connectivity index (χ2n) is 3.18. The van der Waals surface area contributed by atoms with Crippen molar-refractivity contribution < 1.29 is 24.6 Å². The summed E-state index contributed by atoms with van der Waals surface area (Å²) in [6.45, 7) is 1.68. The molecule has 8 nitrogen and oxygen atoms in total. The van der Waals surface area contributed by atoms with E-state index in [1.807, 2.05) is 5.32 Å². The first-order valence-corrected chi connectivity index (χ1v) is 5.16. The number of carboxylic acids is 1. The number of aliphatic carboxylic acids is 1. The van der Waals surface area contributed by atoms with Gasteiger partial charge in [0.15, 0.2) is 6.04 Å². The number of carbonyl (C=O) groups is 3. The average Bonchev–Trinajstić information content (AvgIpc) is 2.25. The summed E-state index contributed by atoms with van der Waals surface area (Å²) in [4.78, 5) is 32.6. The summed E-state index contributed by atoms with van der Waals surface area (Å²) in [5, 5.41) is 24.1. The first kappa shape index (κ1) is 15.2.